The van der Waals surface area contributed by atoms with Gasteiger partial charge in [-0.25, -0.2) is 0 Å². The molecule has 0 saturated carbocycles. The third-order valence-electron chi connectivity index (χ3n) is 3.41. The van der Waals surface area contributed by atoms with Gasteiger partial charge in [0.2, 0.25) is 11.3 Å². The zero-order chi connectivity index (χ0) is 16.2. The number of nitrogens with one attached hydrogen (secondary N) is 1. The lowest BCUT2D eigenvalue weighted by Gasteiger charge is -2.10. The highest BCUT2D eigenvalue weighted by Crippen LogP contribution is 2.19. The molecule has 0 atom stereocenters. The van der Waals surface area contributed by atoms with Gasteiger partial charge in [0.05, 0.1) is 11.7 Å². The highest BCUT2D eigenvalue weighted by molar-refractivity contribution is 7.98. The number of rotatable bonds is 4. The number of nitrogens with zero attached hydrogens (tertiary/aromatic N) is 2. The summed E-state index contributed by atoms with van der Waals surface area (Å²) in [5, 5.41) is 7.47. The molecular formula is C17H15N3O2S. The average molecular weight is 325 g/mol. The van der Waals surface area contributed by atoms with Crippen molar-refractivity contribution in [3.05, 3.63) is 65.0 Å². The molecule has 0 aliphatic carbocycles. The Morgan fingerprint density at radius 2 is 2.04 bits per heavy atom. The molecule has 2 aromatic carbocycles. The minimum atomic E-state index is -0.190. The smallest absolute Gasteiger partial charge is 0.246 e. The lowest BCUT2D eigenvalue weighted by atomic mass is 10.2. The van der Waals surface area contributed by atoms with Crippen LogP contribution >= 0.6 is 11.8 Å². The number of carbonyl (C=O) groups excluding carboxylic acids is 1. The van der Waals surface area contributed by atoms with E-state index in [1.807, 2.05) is 36.6 Å². The molecule has 0 unspecified atom stereocenters. The van der Waals surface area contributed by atoms with Crippen LogP contribution in [0.5, 0.6) is 0 Å². The van der Waals surface area contributed by atoms with Crippen LogP contribution in [0.15, 0.2) is 64.4 Å². The van der Waals surface area contributed by atoms with Crippen molar-refractivity contribution in [1.29, 1.82) is 0 Å². The maximum atomic E-state index is 12.3. The first-order chi connectivity index (χ1) is 11.2. The van der Waals surface area contributed by atoms with Crippen LogP contribution in [-0.2, 0) is 11.3 Å². The van der Waals surface area contributed by atoms with Gasteiger partial charge in [-0.3, -0.25) is 14.3 Å². The van der Waals surface area contributed by atoms with Gasteiger partial charge in [-0.1, -0.05) is 18.2 Å². The summed E-state index contributed by atoms with van der Waals surface area (Å²) in [7, 11) is 0. The van der Waals surface area contributed by atoms with E-state index in [0.29, 0.717) is 10.9 Å². The summed E-state index contributed by atoms with van der Waals surface area (Å²) in [5.74, 6) is -0.190. The van der Waals surface area contributed by atoms with Crippen LogP contribution in [0.1, 0.15) is 0 Å². The van der Waals surface area contributed by atoms with Crippen molar-refractivity contribution >= 4 is 34.3 Å². The Morgan fingerprint density at radius 3 is 2.87 bits per heavy atom. The third kappa shape index (κ3) is 3.43. The number of hydrogen-bond donors (Lipinski definition) is 1. The van der Waals surface area contributed by atoms with Crippen molar-refractivity contribution in [3.8, 4) is 0 Å². The zero-order valence-corrected chi connectivity index (χ0v) is 13.3. The van der Waals surface area contributed by atoms with Gasteiger partial charge >= 0.3 is 0 Å². The summed E-state index contributed by atoms with van der Waals surface area (Å²) in [6.45, 7) is 0.0459. The summed E-state index contributed by atoms with van der Waals surface area (Å²) >= 11 is 1.61. The minimum absolute atomic E-state index is 0.0459. The number of carbonyl (C=O) groups is 1. The number of thioether (sulfide) groups is 1. The van der Waals surface area contributed by atoms with E-state index >= 15 is 0 Å². The first-order valence-electron chi connectivity index (χ1n) is 7.06. The summed E-state index contributed by atoms with van der Waals surface area (Å²) in [6.07, 6.45) is 3.22. The molecule has 0 aliphatic heterocycles. The fourth-order valence-electron chi connectivity index (χ4n) is 2.32. The SMILES string of the molecule is CSc1cccc(NC(=O)Cn2ncc(=O)c3ccccc32)c1. The molecule has 23 heavy (non-hydrogen) atoms. The number of amides is 1. The Hall–Kier alpha value is -2.60. The molecule has 0 fully saturated rings. The normalized spacial score (nSPS) is 10.7. The largest absolute Gasteiger partial charge is 0.324 e. The van der Waals surface area contributed by atoms with E-state index < -0.39 is 0 Å². The second-order valence-electron chi connectivity index (χ2n) is 4.96. The van der Waals surface area contributed by atoms with E-state index in [2.05, 4.69) is 10.4 Å². The summed E-state index contributed by atoms with van der Waals surface area (Å²) in [5.41, 5.74) is 1.24. The van der Waals surface area contributed by atoms with Crippen LogP contribution in [0.2, 0.25) is 0 Å². The van der Waals surface area contributed by atoms with E-state index in [4.69, 9.17) is 0 Å². The lowest BCUT2D eigenvalue weighted by molar-refractivity contribution is -0.116. The Labute approximate surface area is 137 Å². The van der Waals surface area contributed by atoms with Crippen LogP contribution in [0.3, 0.4) is 0 Å². The molecule has 0 bridgehead atoms. The van der Waals surface area contributed by atoms with Crippen molar-refractivity contribution < 1.29 is 4.79 Å². The Bertz CT molecular complexity index is 921. The van der Waals surface area contributed by atoms with Gasteiger partial charge in [0.1, 0.15) is 6.54 Å². The lowest BCUT2D eigenvalue weighted by Crippen LogP contribution is -2.22. The molecular weight excluding hydrogens is 310 g/mol. The Balaban J connectivity index is 1.83. The van der Waals surface area contributed by atoms with Crippen molar-refractivity contribution in [2.45, 2.75) is 11.4 Å². The third-order valence-corrected chi connectivity index (χ3v) is 4.13. The van der Waals surface area contributed by atoms with E-state index in [0.717, 1.165) is 10.6 Å². The molecule has 0 saturated heterocycles. The van der Waals surface area contributed by atoms with Gasteiger partial charge in [0.15, 0.2) is 0 Å². The standard InChI is InChI=1S/C17H15N3O2S/c1-23-13-6-4-5-12(9-13)19-17(22)11-20-15-8-3-2-7-14(15)16(21)10-18-20/h2-10H,11H2,1H3,(H,19,22). The summed E-state index contributed by atoms with van der Waals surface area (Å²) < 4.78 is 1.53. The Morgan fingerprint density at radius 1 is 1.22 bits per heavy atom. The van der Waals surface area contributed by atoms with E-state index in [1.165, 1.54) is 10.9 Å². The summed E-state index contributed by atoms with van der Waals surface area (Å²) in [4.78, 5) is 25.1. The van der Waals surface area contributed by atoms with E-state index in [1.54, 1.807) is 30.0 Å². The molecule has 0 aliphatic rings. The van der Waals surface area contributed by atoms with Crippen LogP contribution in [0, 0.1) is 0 Å². The first-order valence-corrected chi connectivity index (χ1v) is 8.28. The molecule has 5 nitrogen and oxygen atoms in total. The van der Waals surface area contributed by atoms with Crippen molar-refractivity contribution in [1.82, 2.24) is 9.78 Å². The number of para-hydroxylation sites is 1. The highest BCUT2D eigenvalue weighted by atomic mass is 32.2. The monoisotopic (exact) mass is 325 g/mol. The minimum Gasteiger partial charge on any atom is -0.324 e. The van der Waals surface area contributed by atoms with E-state index in [9.17, 15) is 9.59 Å². The average Bonchev–Trinajstić information content (AvgIpc) is 2.58. The van der Waals surface area contributed by atoms with Crippen molar-refractivity contribution in [2.75, 3.05) is 11.6 Å². The number of aromatic nitrogens is 2. The van der Waals surface area contributed by atoms with Crippen LogP contribution < -0.4 is 10.7 Å². The molecule has 1 amide bonds. The van der Waals surface area contributed by atoms with Crippen LogP contribution in [-0.4, -0.2) is 21.9 Å². The molecule has 0 radical (unpaired) electrons. The van der Waals surface area contributed by atoms with Crippen molar-refractivity contribution in [2.24, 2.45) is 0 Å². The first kappa shape index (κ1) is 15.3. The van der Waals surface area contributed by atoms with Gasteiger partial charge in [0.25, 0.3) is 0 Å². The number of hydrogen-bond acceptors (Lipinski definition) is 4. The van der Waals surface area contributed by atoms with Gasteiger partial charge in [0, 0.05) is 16.0 Å². The van der Waals surface area contributed by atoms with Gasteiger partial charge in [-0.05, 0) is 36.6 Å². The second kappa shape index (κ2) is 6.66. The zero-order valence-electron chi connectivity index (χ0n) is 12.5. The molecule has 3 rings (SSSR count). The Kier molecular flexibility index (Phi) is 4.43. The molecule has 1 heterocycles. The fourth-order valence-corrected chi connectivity index (χ4v) is 2.78. The molecule has 116 valence electrons. The number of fused-ring (bicyclic) bond motifs is 1. The van der Waals surface area contributed by atoms with Crippen LogP contribution in [0.25, 0.3) is 10.9 Å². The quantitative estimate of drug-likeness (QED) is 0.749. The number of anilines is 1. The van der Waals surface area contributed by atoms with Gasteiger partial charge in [-0.15, -0.1) is 11.8 Å². The molecule has 3 aromatic rings. The fraction of sp³-hybridized carbons (Fsp3) is 0.118. The molecule has 1 N–H and O–H groups in total. The topological polar surface area (TPSA) is 64.0 Å². The predicted octanol–water partition coefficient (Wildman–Crippen LogP) is 2.76. The van der Waals surface area contributed by atoms with Crippen LogP contribution in [0.4, 0.5) is 5.69 Å². The predicted molar refractivity (Wildman–Crippen MR) is 92.9 cm³/mol. The van der Waals surface area contributed by atoms with Gasteiger partial charge < -0.3 is 5.32 Å². The molecule has 0 spiro atoms. The highest BCUT2D eigenvalue weighted by Gasteiger charge is 2.08. The van der Waals surface area contributed by atoms with Gasteiger partial charge in [-0.2, -0.15) is 5.10 Å². The second-order valence-corrected chi connectivity index (χ2v) is 5.84. The maximum absolute atomic E-state index is 12.3. The van der Waals surface area contributed by atoms with E-state index in [-0.39, 0.29) is 17.9 Å². The summed E-state index contributed by atoms with van der Waals surface area (Å²) in [6, 6.07) is 14.8. The number of benzene rings is 2. The maximum Gasteiger partial charge on any atom is 0.246 e. The van der Waals surface area contributed by atoms with Crippen molar-refractivity contribution in [3.63, 3.8) is 0 Å². The molecule has 1 aromatic heterocycles. The molecule has 6 heteroatoms.